The number of hydrogen-bond donors (Lipinski definition) is 2. The Labute approximate surface area is 225 Å². The zero-order valence-corrected chi connectivity index (χ0v) is 21.7. The lowest BCUT2D eigenvalue weighted by molar-refractivity contribution is -0.118. The normalized spacial score (nSPS) is 22.5. The first kappa shape index (κ1) is 24.1. The zero-order chi connectivity index (χ0) is 26.6. The van der Waals surface area contributed by atoms with Crippen LogP contribution in [0.1, 0.15) is 40.3 Å². The van der Waals surface area contributed by atoms with Crippen molar-refractivity contribution in [3.8, 4) is 5.75 Å². The van der Waals surface area contributed by atoms with E-state index < -0.39 is 5.41 Å². The standard InChI is InChI=1S/C31H29FN4O3/c1-38-22-6-9-28-24(16-22)31(30(37)33-28)17-25(31)20-5-7-23-27(34-35-29(23)15-20)8-3-19-2-4-21(26(32)14-19)18-36-10-12-39-13-11-36/h2-9,14-16,25H,10-13,17-18H2,1H3,(H,33,37)(H,34,35)/b8-3+. The first-order valence-electron chi connectivity index (χ1n) is 13.3. The zero-order valence-electron chi connectivity index (χ0n) is 21.7. The van der Waals surface area contributed by atoms with E-state index in [1.807, 2.05) is 48.6 Å². The summed E-state index contributed by atoms with van der Waals surface area (Å²) in [6, 6.07) is 17.3. The number of aromatic amines is 1. The fourth-order valence-corrected chi connectivity index (χ4v) is 6.07. The second-order valence-corrected chi connectivity index (χ2v) is 10.6. The fraction of sp³-hybridized carbons (Fsp3) is 0.290. The third-order valence-corrected chi connectivity index (χ3v) is 8.35. The van der Waals surface area contributed by atoms with E-state index in [1.54, 1.807) is 13.2 Å². The van der Waals surface area contributed by atoms with Gasteiger partial charge in [-0.05, 0) is 59.5 Å². The Morgan fingerprint density at radius 2 is 2.00 bits per heavy atom. The van der Waals surface area contributed by atoms with Gasteiger partial charge in [0.1, 0.15) is 11.6 Å². The predicted octanol–water partition coefficient (Wildman–Crippen LogP) is 5.09. The van der Waals surface area contributed by atoms with Crippen LogP contribution in [-0.4, -0.2) is 54.4 Å². The van der Waals surface area contributed by atoms with Gasteiger partial charge in [-0.1, -0.05) is 30.3 Å². The van der Waals surface area contributed by atoms with Crippen LogP contribution in [0.4, 0.5) is 10.1 Å². The second kappa shape index (κ2) is 9.32. The maximum Gasteiger partial charge on any atom is 0.235 e. The van der Waals surface area contributed by atoms with Crippen molar-refractivity contribution in [3.63, 3.8) is 0 Å². The van der Waals surface area contributed by atoms with Crippen LogP contribution in [0.25, 0.3) is 23.1 Å². The third kappa shape index (κ3) is 4.11. The first-order chi connectivity index (χ1) is 19.0. The number of amides is 1. The minimum atomic E-state index is -0.543. The number of H-pyrrole nitrogens is 1. The number of rotatable bonds is 6. The molecule has 2 aliphatic heterocycles. The number of aromatic nitrogens is 2. The Hall–Kier alpha value is -4.01. The molecule has 7 nitrogen and oxygen atoms in total. The van der Waals surface area contributed by atoms with Crippen molar-refractivity contribution < 1.29 is 18.7 Å². The van der Waals surface area contributed by atoms with Crippen molar-refractivity contribution in [1.82, 2.24) is 15.1 Å². The number of nitrogens with one attached hydrogen (secondary N) is 2. The summed E-state index contributed by atoms with van der Waals surface area (Å²) in [6.45, 7) is 3.63. The maximum atomic E-state index is 14.8. The van der Waals surface area contributed by atoms with Crippen LogP contribution in [0.2, 0.25) is 0 Å². The molecule has 4 aromatic rings. The summed E-state index contributed by atoms with van der Waals surface area (Å²) in [7, 11) is 1.64. The molecule has 2 N–H and O–H groups in total. The number of methoxy groups -OCH3 is 1. The molecule has 2 atom stereocenters. The molecule has 2 unspecified atom stereocenters. The van der Waals surface area contributed by atoms with Gasteiger partial charge in [-0.15, -0.1) is 0 Å². The summed E-state index contributed by atoms with van der Waals surface area (Å²) in [5.41, 5.74) is 5.61. The summed E-state index contributed by atoms with van der Waals surface area (Å²) in [5, 5.41) is 11.6. The molecule has 8 heteroatoms. The average molecular weight is 525 g/mol. The van der Waals surface area contributed by atoms with Gasteiger partial charge in [0.25, 0.3) is 0 Å². The lowest BCUT2D eigenvalue weighted by atomic mass is 9.91. The molecule has 0 bridgehead atoms. The monoisotopic (exact) mass is 524 g/mol. The molecule has 198 valence electrons. The van der Waals surface area contributed by atoms with Gasteiger partial charge in [0.15, 0.2) is 0 Å². The quantitative estimate of drug-likeness (QED) is 0.367. The highest BCUT2D eigenvalue weighted by molar-refractivity contribution is 6.10. The van der Waals surface area contributed by atoms with E-state index >= 15 is 0 Å². The molecule has 39 heavy (non-hydrogen) atoms. The number of fused-ring (bicyclic) bond motifs is 3. The summed E-state index contributed by atoms with van der Waals surface area (Å²) in [4.78, 5) is 15.2. The number of ether oxygens (including phenoxy) is 2. The maximum absolute atomic E-state index is 14.8. The van der Waals surface area contributed by atoms with E-state index in [-0.39, 0.29) is 17.6 Å². The molecule has 1 amide bonds. The molecule has 2 fully saturated rings. The summed E-state index contributed by atoms with van der Waals surface area (Å²) < 4.78 is 25.6. The highest BCUT2D eigenvalue weighted by Crippen LogP contribution is 2.65. The Kier molecular flexibility index (Phi) is 5.75. The van der Waals surface area contributed by atoms with Crippen LogP contribution in [0.5, 0.6) is 5.75 Å². The largest absolute Gasteiger partial charge is 0.497 e. The predicted molar refractivity (Wildman–Crippen MR) is 148 cm³/mol. The van der Waals surface area contributed by atoms with Gasteiger partial charge in [-0.2, -0.15) is 5.10 Å². The second-order valence-electron chi connectivity index (χ2n) is 10.6. The van der Waals surface area contributed by atoms with E-state index in [2.05, 4.69) is 32.5 Å². The van der Waals surface area contributed by atoms with Crippen molar-refractivity contribution >= 4 is 34.6 Å². The SMILES string of the molecule is COc1ccc2c(c1)C1(CC1c1ccc3c(/C=C/c4ccc(CN5CCOCC5)c(F)c4)n[nH]c3c1)C(=O)N2. The minimum Gasteiger partial charge on any atom is -0.497 e. The lowest BCUT2D eigenvalue weighted by Gasteiger charge is -2.26. The van der Waals surface area contributed by atoms with E-state index in [4.69, 9.17) is 9.47 Å². The van der Waals surface area contributed by atoms with Crippen LogP contribution in [0.3, 0.4) is 0 Å². The number of benzene rings is 3. The molecule has 3 aliphatic rings. The molecule has 7 rings (SSSR count). The van der Waals surface area contributed by atoms with Gasteiger partial charge in [0, 0.05) is 42.2 Å². The molecular weight excluding hydrogens is 495 g/mol. The van der Waals surface area contributed by atoms with Crippen molar-refractivity contribution in [2.24, 2.45) is 0 Å². The summed E-state index contributed by atoms with van der Waals surface area (Å²) in [5.74, 6) is 0.694. The van der Waals surface area contributed by atoms with Crippen LogP contribution in [0, 0.1) is 5.82 Å². The lowest BCUT2D eigenvalue weighted by Crippen LogP contribution is -2.35. The van der Waals surface area contributed by atoms with Crippen LogP contribution >= 0.6 is 0 Å². The molecule has 1 aliphatic carbocycles. The number of nitrogens with zero attached hydrogens (tertiary/aromatic N) is 2. The Morgan fingerprint density at radius 1 is 1.13 bits per heavy atom. The van der Waals surface area contributed by atoms with Crippen LogP contribution in [0.15, 0.2) is 54.6 Å². The van der Waals surface area contributed by atoms with Gasteiger partial charge >= 0.3 is 0 Å². The Bertz CT molecular complexity index is 1620. The molecule has 1 aromatic heterocycles. The highest BCUT2D eigenvalue weighted by Gasteiger charge is 2.65. The number of halogens is 1. The molecular formula is C31H29FN4O3. The topological polar surface area (TPSA) is 79.5 Å². The average Bonchev–Trinajstić information content (AvgIpc) is 3.50. The Balaban J connectivity index is 1.09. The third-order valence-electron chi connectivity index (χ3n) is 8.35. The van der Waals surface area contributed by atoms with Crippen molar-refractivity contribution in [3.05, 3.63) is 88.4 Å². The molecule has 0 radical (unpaired) electrons. The van der Waals surface area contributed by atoms with Gasteiger partial charge in [0.05, 0.1) is 36.9 Å². The number of morpholine rings is 1. The van der Waals surface area contributed by atoms with E-state index in [0.717, 1.165) is 64.2 Å². The molecule has 1 spiro atoms. The number of anilines is 1. The van der Waals surface area contributed by atoms with Crippen LogP contribution < -0.4 is 10.1 Å². The van der Waals surface area contributed by atoms with E-state index in [9.17, 15) is 9.18 Å². The van der Waals surface area contributed by atoms with Gasteiger partial charge in [-0.25, -0.2) is 4.39 Å². The summed E-state index contributed by atoms with van der Waals surface area (Å²) in [6.07, 6.45) is 4.55. The van der Waals surface area contributed by atoms with E-state index in [0.29, 0.717) is 25.3 Å². The minimum absolute atomic E-state index is 0.0484. The molecule has 1 saturated heterocycles. The number of carbonyl (C=O) groups excluding carboxylic acids is 1. The first-order valence-corrected chi connectivity index (χ1v) is 13.3. The van der Waals surface area contributed by atoms with E-state index in [1.165, 1.54) is 0 Å². The number of hydrogen-bond acceptors (Lipinski definition) is 5. The Morgan fingerprint density at radius 3 is 2.82 bits per heavy atom. The van der Waals surface area contributed by atoms with Gasteiger partial charge < -0.3 is 14.8 Å². The molecule has 3 heterocycles. The van der Waals surface area contributed by atoms with Gasteiger partial charge in [-0.3, -0.25) is 14.8 Å². The molecule has 3 aromatic carbocycles. The number of carbonyl (C=O) groups is 1. The van der Waals surface area contributed by atoms with Gasteiger partial charge in [0.2, 0.25) is 5.91 Å². The van der Waals surface area contributed by atoms with Crippen molar-refractivity contribution in [1.29, 1.82) is 0 Å². The van der Waals surface area contributed by atoms with Crippen LogP contribution in [-0.2, 0) is 21.5 Å². The summed E-state index contributed by atoms with van der Waals surface area (Å²) >= 11 is 0. The van der Waals surface area contributed by atoms with Crippen molar-refractivity contribution in [2.75, 3.05) is 38.7 Å². The molecule has 1 saturated carbocycles. The fourth-order valence-electron chi connectivity index (χ4n) is 6.07. The smallest absolute Gasteiger partial charge is 0.235 e. The van der Waals surface area contributed by atoms with Crippen molar-refractivity contribution in [2.45, 2.75) is 24.3 Å². The highest BCUT2D eigenvalue weighted by atomic mass is 19.1.